The van der Waals surface area contributed by atoms with E-state index in [0.29, 0.717) is 6.42 Å². The summed E-state index contributed by atoms with van der Waals surface area (Å²) >= 11 is 0. The Hall–Kier alpha value is -3.34. The number of rotatable bonds is 7. The van der Waals surface area contributed by atoms with Gasteiger partial charge < -0.3 is 15.4 Å². The number of carbonyl (C=O) groups excluding carboxylic acids is 1. The van der Waals surface area contributed by atoms with Crippen LogP contribution in [0.15, 0.2) is 73.1 Å². The molecular weight excluding hydrogens is 326 g/mol. The van der Waals surface area contributed by atoms with Crippen molar-refractivity contribution in [1.29, 1.82) is 0 Å². The zero-order chi connectivity index (χ0) is 18.2. The Morgan fingerprint density at radius 1 is 0.885 bits per heavy atom. The van der Waals surface area contributed by atoms with Crippen LogP contribution in [0, 0.1) is 0 Å². The number of ether oxygens (including phenoxy) is 1. The van der Waals surface area contributed by atoms with Crippen LogP contribution in [0.25, 0.3) is 0 Å². The Bertz CT molecular complexity index is 831. The summed E-state index contributed by atoms with van der Waals surface area (Å²) in [7, 11) is 1.62. The molecule has 2 N–H and O–H groups in total. The molecule has 0 saturated carbocycles. The van der Waals surface area contributed by atoms with Crippen molar-refractivity contribution in [3.8, 4) is 5.75 Å². The molecule has 2 aromatic carbocycles. The first-order valence-corrected chi connectivity index (χ1v) is 8.38. The molecule has 26 heavy (non-hydrogen) atoms. The van der Waals surface area contributed by atoms with Crippen molar-refractivity contribution >= 4 is 17.3 Å². The fourth-order valence-electron chi connectivity index (χ4n) is 2.51. The van der Waals surface area contributed by atoms with Gasteiger partial charge >= 0.3 is 0 Å². The van der Waals surface area contributed by atoms with Gasteiger partial charge in [0, 0.05) is 30.3 Å². The maximum Gasteiger partial charge on any atom is 0.228 e. The summed E-state index contributed by atoms with van der Waals surface area (Å²) in [6.45, 7) is 0.728. The largest absolute Gasteiger partial charge is 0.497 e. The molecule has 0 spiro atoms. The van der Waals surface area contributed by atoms with E-state index in [1.54, 1.807) is 19.5 Å². The molecule has 1 amide bonds. The van der Waals surface area contributed by atoms with Gasteiger partial charge in [-0.05, 0) is 59.7 Å². The molecule has 3 aromatic rings. The second-order valence-corrected chi connectivity index (χ2v) is 5.86. The molecule has 0 radical (unpaired) electrons. The van der Waals surface area contributed by atoms with Crippen molar-refractivity contribution in [2.24, 2.45) is 0 Å². The Labute approximate surface area is 153 Å². The van der Waals surface area contributed by atoms with E-state index in [0.717, 1.165) is 34.8 Å². The molecule has 0 unspecified atom stereocenters. The van der Waals surface area contributed by atoms with Gasteiger partial charge in [0.25, 0.3) is 0 Å². The molecule has 0 aliphatic heterocycles. The second-order valence-electron chi connectivity index (χ2n) is 5.86. The minimum absolute atomic E-state index is 0.0485. The molecule has 0 atom stereocenters. The molecule has 0 aliphatic carbocycles. The number of anilines is 2. The van der Waals surface area contributed by atoms with Crippen molar-refractivity contribution in [3.63, 3.8) is 0 Å². The van der Waals surface area contributed by atoms with Crippen LogP contribution in [0.1, 0.15) is 11.1 Å². The smallest absolute Gasteiger partial charge is 0.228 e. The summed E-state index contributed by atoms with van der Waals surface area (Å²) < 4.78 is 5.12. The molecule has 0 aliphatic rings. The maximum absolute atomic E-state index is 12.2. The van der Waals surface area contributed by atoms with Gasteiger partial charge in [0.05, 0.1) is 13.5 Å². The fraction of sp³-hybridized carbons (Fsp3) is 0.143. The first-order chi connectivity index (χ1) is 12.7. The van der Waals surface area contributed by atoms with Crippen LogP contribution in [0.5, 0.6) is 5.75 Å². The highest BCUT2D eigenvalue weighted by Gasteiger charge is 2.05. The van der Waals surface area contributed by atoms with Gasteiger partial charge in [0.15, 0.2) is 0 Å². The van der Waals surface area contributed by atoms with Gasteiger partial charge in [0.1, 0.15) is 5.75 Å². The van der Waals surface area contributed by atoms with Crippen molar-refractivity contribution in [2.45, 2.75) is 13.0 Å². The lowest BCUT2D eigenvalue weighted by Crippen LogP contribution is -2.14. The molecule has 1 heterocycles. The van der Waals surface area contributed by atoms with Crippen molar-refractivity contribution in [2.75, 3.05) is 17.7 Å². The summed E-state index contributed by atoms with van der Waals surface area (Å²) in [5.74, 6) is 0.733. The van der Waals surface area contributed by atoms with E-state index in [1.807, 2.05) is 60.7 Å². The zero-order valence-corrected chi connectivity index (χ0v) is 14.6. The molecule has 5 heteroatoms. The van der Waals surface area contributed by atoms with Gasteiger partial charge in [-0.3, -0.25) is 9.78 Å². The lowest BCUT2D eigenvalue weighted by atomic mass is 10.1. The van der Waals surface area contributed by atoms with Gasteiger partial charge in [-0.1, -0.05) is 12.1 Å². The summed E-state index contributed by atoms with van der Waals surface area (Å²) in [6, 6.07) is 19.1. The average molecular weight is 347 g/mol. The van der Waals surface area contributed by atoms with E-state index in [2.05, 4.69) is 15.6 Å². The predicted octanol–water partition coefficient (Wildman–Crippen LogP) is 3.88. The molecule has 3 rings (SSSR count). The van der Waals surface area contributed by atoms with Crippen LogP contribution < -0.4 is 15.4 Å². The highest BCUT2D eigenvalue weighted by atomic mass is 16.5. The maximum atomic E-state index is 12.2. The number of nitrogens with zero attached hydrogens (tertiary/aromatic N) is 1. The summed E-state index contributed by atoms with van der Waals surface area (Å²) in [6.07, 6.45) is 3.88. The first kappa shape index (κ1) is 17.5. The van der Waals surface area contributed by atoms with Crippen LogP contribution in [0.3, 0.4) is 0 Å². The SMILES string of the molecule is COc1ccc(CC(=O)Nc2ccc(NCc3ccncc3)cc2)cc1. The van der Waals surface area contributed by atoms with E-state index in [4.69, 9.17) is 4.74 Å². The summed E-state index contributed by atoms with van der Waals surface area (Å²) in [4.78, 5) is 16.2. The Kier molecular flexibility index (Phi) is 5.83. The Balaban J connectivity index is 1.50. The third-order valence-electron chi connectivity index (χ3n) is 3.94. The Morgan fingerprint density at radius 3 is 2.19 bits per heavy atom. The van der Waals surface area contributed by atoms with Gasteiger partial charge in [0.2, 0.25) is 5.91 Å². The summed E-state index contributed by atoms with van der Waals surface area (Å²) in [5, 5.41) is 6.25. The molecule has 1 aromatic heterocycles. The van der Waals surface area contributed by atoms with Gasteiger partial charge in [-0.25, -0.2) is 0 Å². The lowest BCUT2D eigenvalue weighted by molar-refractivity contribution is -0.115. The topological polar surface area (TPSA) is 63.2 Å². The van der Waals surface area contributed by atoms with E-state index >= 15 is 0 Å². The molecule has 132 valence electrons. The van der Waals surface area contributed by atoms with Crippen molar-refractivity contribution < 1.29 is 9.53 Å². The number of nitrogens with one attached hydrogen (secondary N) is 2. The van der Waals surface area contributed by atoms with E-state index in [1.165, 1.54) is 0 Å². The standard InChI is InChI=1S/C21H21N3O2/c1-26-20-8-2-16(3-9-20)14-21(25)24-19-6-4-18(5-7-19)23-15-17-10-12-22-13-11-17/h2-13,23H,14-15H2,1H3,(H,24,25). The quantitative estimate of drug-likeness (QED) is 0.681. The lowest BCUT2D eigenvalue weighted by Gasteiger charge is -2.09. The van der Waals surface area contributed by atoms with Gasteiger partial charge in [-0.15, -0.1) is 0 Å². The number of pyridine rings is 1. The Morgan fingerprint density at radius 2 is 1.54 bits per heavy atom. The van der Waals surface area contributed by atoms with Gasteiger partial charge in [-0.2, -0.15) is 0 Å². The van der Waals surface area contributed by atoms with Crippen LogP contribution in [-0.4, -0.2) is 18.0 Å². The highest BCUT2D eigenvalue weighted by molar-refractivity contribution is 5.92. The highest BCUT2D eigenvalue weighted by Crippen LogP contribution is 2.16. The first-order valence-electron chi connectivity index (χ1n) is 8.38. The number of hydrogen-bond acceptors (Lipinski definition) is 4. The number of benzene rings is 2. The molecule has 0 fully saturated rings. The fourth-order valence-corrected chi connectivity index (χ4v) is 2.51. The molecular formula is C21H21N3O2. The van der Waals surface area contributed by atoms with Crippen LogP contribution >= 0.6 is 0 Å². The number of carbonyl (C=O) groups is 1. The average Bonchev–Trinajstić information content (AvgIpc) is 2.69. The minimum Gasteiger partial charge on any atom is -0.497 e. The van der Waals surface area contributed by atoms with E-state index in [9.17, 15) is 4.79 Å². The number of hydrogen-bond donors (Lipinski definition) is 2. The monoisotopic (exact) mass is 347 g/mol. The van der Waals surface area contributed by atoms with Crippen molar-refractivity contribution in [3.05, 3.63) is 84.2 Å². The normalized spacial score (nSPS) is 10.2. The van der Waals surface area contributed by atoms with Crippen molar-refractivity contribution in [1.82, 2.24) is 4.98 Å². The zero-order valence-electron chi connectivity index (χ0n) is 14.6. The van der Waals surface area contributed by atoms with E-state index < -0.39 is 0 Å². The molecule has 5 nitrogen and oxygen atoms in total. The summed E-state index contributed by atoms with van der Waals surface area (Å²) in [5.41, 5.74) is 3.88. The van der Waals surface area contributed by atoms with Crippen LogP contribution in [-0.2, 0) is 17.8 Å². The van der Waals surface area contributed by atoms with E-state index in [-0.39, 0.29) is 5.91 Å². The minimum atomic E-state index is -0.0485. The molecule has 0 bridgehead atoms. The second kappa shape index (κ2) is 8.67. The number of aromatic nitrogens is 1. The molecule has 0 saturated heterocycles. The predicted molar refractivity (Wildman–Crippen MR) is 103 cm³/mol. The van der Waals surface area contributed by atoms with Crippen LogP contribution in [0.4, 0.5) is 11.4 Å². The number of amides is 1. The number of methoxy groups -OCH3 is 1. The third kappa shape index (κ3) is 5.08. The third-order valence-corrected chi connectivity index (χ3v) is 3.94. The van der Waals surface area contributed by atoms with Crippen LogP contribution in [0.2, 0.25) is 0 Å².